The Morgan fingerprint density at radius 1 is 1.14 bits per heavy atom. The molecule has 0 aliphatic carbocycles. The van der Waals surface area contributed by atoms with Gasteiger partial charge >= 0.3 is 0 Å². The molecule has 0 fully saturated rings. The van der Waals surface area contributed by atoms with Crippen molar-refractivity contribution in [3.8, 4) is 0 Å². The fourth-order valence-corrected chi connectivity index (χ4v) is 2.23. The molecule has 0 unspecified atom stereocenters. The van der Waals surface area contributed by atoms with Gasteiger partial charge in [0.25, 0.3) is 0 Å². The van der Waals surface area contributed by atoms with Crippen molar-refractivity contribution in [2.45, 2.75) is 13.0 Å². The van der Waals surface area contributed by atoms with Gasteiger partial charge in [0.2, 0.25) is 5.91 Å². The van der Waals surface area contributed by atoms with Crippen molar-refractivity contribution in [3.05, 3.63) is 64.9 Å². The van der Waals surface area contributed by atoms with Crippen molar-refractivity contribution >= 4 is 28.5 Å². The zero-order valence-corrected chi connectivity index (χ0v) is 12.0. The Kier molecular flexibility index (Phi) is 3.88. The van der Waals surface area contributed by atoms with Crippen LogP contribution in [-0.4, -0.2) is 15.9 Å². The van der Waals surface area contributed by atoms with Gasteiger partial charge < -0.3 is 10.3 Å². The van der Waals surface area contributed by atoms with Crippen LogP contribution in [0, 0.1) is 0 Å². The van der Waals surface area contributed by atoms with E-state index in [1.807, 2.05) is 48.5 Å². The number of halogens is 1. The lowest BCUT2D eigenvalue weighted by molar-refractivity contribution is -0.120. The maximum Gasteiger partial charge on any atom is 0.227 e. The number of benzene rings is 2. The fraction of sp³-hybridized carbons (Fsp3) is 0.125. The number of H-pyrrole nitrogens is 1. The molecule has 2 N–H and O–H groups in total. The first-order valence-electron chi connectivity index (χ1n) is 6.65. The summed E-state index contributed by atoms with van der Waals surface area (Å²) in [5.74, 6) is 0.605. The van der Waals surface area contributed by atoms with E-state index in [0.717, 1.165) is 16.6 Å². The molecule has 0 aliphatic heterocycles. The molecular weight excluding hydrogens is 286 g/mol. The molecule has 3 rings (SSSR count). The summed E-state index contributed by atoms with van der Waals surface area (Å²) in [4.78, 5) is 19.5. The summed E-state index contributed by atoms with van der Waals surface area (Å²) in [6.45, 7) is 0.482. The molecule has 0 aliphatic rings. The molecule has 0 spiro atoms. The molecule has 21 heavy (non-hydrogen) atoms. The van der Waals surface area contributed by atoms with E-state index >= 15 is 0 Å². The molecule has 1 aromatic heterocycles. The SMILES string of the molecule is O=C(Cc1nc2ccccc2[nH]1)NCc1ccc(Cl)cc1. The maximum absolute atomic E-state index is 11.9. The van der Waals surface area contributed by atoms with Crippen LogP contribution in [0.3, 0.4) is 0 Å². The number of amides is 1. The second-order valence-electron chi connectivity index (χ2n) is 4.78. The molecule has 4 nitrogen and oxygen atoms in total. The van der Waals surface area contributed by atoms with Crippen LogP contribution in [0.15, 0.2) is 48.5 Å². The predicted molar refractivity (Wildman–Crippen MR) is 83.1 cm³/mol. The Morgan fingerprint density at radius 3 is 2.67 bits per heavy atom. The predicted octanol–water partition coefficient (Wildman–Crippen LogP) is 3.08. The van der Waals surface area contributed by atoms with Gasteiger partial charge in [0, 0.05) is 11.6 Å². The van der Waals surface area contributed by atoms with Gasteiger partial charge in [-0.25, -0.2) is 4.98 Å². The van der Waals surface area contributed by atoms with Crippen LogP contribution in [-0.2, 0) is 17.8 Å². The van der Waals surface area contributed by atoms with Crippen LogP contribution in [0.2, 0.25) is 5.02 Å². The normalized spacial score (nSPS) is 10.7. The molecule has 106 valence electrons. The lowest BCUT2D eigenvalue weighted by Gasteiger charge is -2.04. The summed E-state index contributed by atoms with van der Waals surface area (Å²) in [7, 11) is 0. The molecular formula is C16H14ClN3O. The Labute approximate surface area is 127 Å². The number of nitrogens with one attached hydrogen (secondary N) is 2. The van der Waals surface area contributed by atoms with E-state index in [0.29, 0.717) is 17.4 Å². The monoisotopic (exact) mass is 299 g/mol. The number of imidazole rings is 1. The number of aromatic nitrogens is 2. The molecule has 1 amide bonds. The number of rotatable bonds is 4. The number of aromatic amines is 1. The van der Waals surface area contributed by atoms with Gasteiger partial charge in [-0.2, -0.15) is 0 Å². The third-order valence-electron chi connectivity index (χ3n) is 3.17. The lowest BCUT2D eigenvalue weighted by Crippen LogP contribution is -2.24. The van der Waals surface area contributed by atoms with Crippen molar-refractivity contribution in [3.63, 3.8) is 0 Å². The minimum absolute atomic E-state index is 0.0657. The topological polar surface area (TPSA) is 57.8 Å². The van der Waals surface area contributed by atoms with Gasteiger partial charge in [-0.1, -0.05) is 35.9 Å². The molecule has 0 bridgehead atoms. The van der Waals surface area contributed by atoms with E-state index in [1.54, 1.807) is 0 Å². The average Bonchev–Trinajstić information content (AvgIpc) is 2.88. The Hall–Kier alpha value is -2.33. The minimum Gasteiger partial charge on any atom is -0.352 e. The number of para-hydroxylation sites is 2. The Morgan fingerprint density at radius 2 is 1.90 bits per heavy atom. The highest BCUT2D eigenvalue weighted by Gasteiger charge is 2.07. The molecule has 1 heterocycles. The highest BCUT2D eigenvalue weighted by Crippen LogP contribution is 2.11. The van der Waals surface area contributed by atoms with Gasteiger partial charge in [0.05, 0.1) is 17.5 Å². The Balaban J connectivity index is 1.59. The van der Waals surface area contributed by atoms with E-state index in [2.05, 4.69) is 15.3 Å². The van der Waals surface area contributed by atoms with Gasteiger partial charge in [-0.3, -0.25) is 4.79 Å². The van der Waals surface area contributed by atoms with E-state index in [9.17, 15) is 4.79 Å². The first-order valence-corrected chi connectivity index (χ1v) is 7.03. The Bertz CT molecular complexity index is 732. The second kappa shape index (κ2) is 5.97. The van der Waals surface area contributed by atoms with Gasteiger partial charge in [0.1, 0.15) is 5.82 Å². The van der Waals surface area contributed by atoms with Crippen LogP contribution in [0.5, 0.6) is 0 Å². The third kappa shape index (κ3) is 3.41. The van der Waals surface area contributed by atoms with Crippen LogP contribution in [0.25, 0.3) is 11.0 Å². The summed E-state index contributed by atoms with van der Waals surface area (Å²) >= 11 is 5.82. The summed E-state index contributed by atoms with van der Waals surface area (Å²) in [6, 6.07) is 15.1. The van der Waals surface area contributed by atoms with E-state index < -0.39 is 0 Å². The smallest absolute Gasteiger partial charge is 0.227 e. The molecule has 2 aromatic carbocycles. The molecule has 0 radical (unpaired) electrons. The maximum atomic E-state index is 11.9. The van der Waals surface area contributed by atoms with Crippen molar-refractivity contribution < 1.29 is 4.79 Å². The molecule has 0 saturated carbocycles. The van der Waals surface area contributed by atoms with E-state index in [-0.39, 0.29) is 12.3 Å². The van der Waals surface area contributed by atoms with Crippen LogP contribution >= 0.6 is 11.6 Å². The number of fused-ring (bicyclic) bond motifs is 1. The van der Waals surface area contributed by atoms with Crippen LogP contribution in [0.4, 0.5) is 0 Å². The first-order chi connectivity index (χ1) is 10.2. The third-order valence-corrected chi connectivity index (χ3v) is 3.42. The largest absolute Gasteiger partial charge is 0.352 e. The highest BCUT2D eigenvalue weighted by atomic mass is 35.5. The molecule has 0 saturated heterocycles. The van der Waals surface area contributed by atoms with Crippen LogP contribution in [0.1, 0.15) is 11.4 Å². The van der Waals surface area contributed by atoms with Crippen molar-refractivity contribution in [2.24, 2.45) is 0 Å². The number of hydrogen-bond donors (Lipinski definition) is 2. The average molecular weight is 300 g/mol. The number of carbonyl (C=O) groups excluding carboxylic acids is 1. The van der Waals surface area contributed by atoms with Crippen molar-refractivity contribution in [2.75, 3.05) is 0 Å². The van der Waals surface area contributed by atoms with Crippen LogP contribution < -0.4 is 5.32 Å². The first kappa shape index (κ1) is 13.6. The minimum atomic E-state index is -0.0657. The fourth-order valence-electron chi connectivity index (χ4n) is 2.11. The number of carbonyl (C=O) groups is 1. The summed E-state index contributed by atoms with van der Waals surface area (Å²) < 4.78 is 0. The standard InChI is InChI=1S/C16H14ClN3O/c17-12-7-5-11(6-8-12)10-18-16(21)9-15-19-13-3-1-2-4-14(13)20-15/h1-8H,9-10H2,(H,18,21)(H,19,20). The van der Waals surface area contributed by atoms with Gasteiger partial charge in [-0.15, -0.1) is 0 Å². The van der Waals surface area contributed by atoms with E-state index in [4.69, 9.17) is 11.6 Å². The van der Waals surface area contributed by atoms with Gasteiger partial charge in [-0.05, 0) is 29.8 Å². The molecule has 3 aromatic rings. The van der Waals surface area contributed by atoms with E-state index in [1.165, 1.54) is 0 Å². The number of hydrogen-bond acceptors (Lipinski definition) is 2. The quantitative estimate of drug-likeness (QED) is 0.778. The zero-order valence-electron chi connectivity index (χ0n) is 11.3. The number of nitrogens with zero attached hydrogens (tertiary/aromatic N) is 1. The van der Waals surface area contributed by atoms with Crippen molar-refractivity contribution in [1.29, 1.82) is 0 Å². The van der Waals surface area contributed by atoms with Gasteiger partial charge in [0.15, 0.2) is 0 Å². The summed E-state index contributed by atoms with van der Waals surface area (Å²) in [5, 5.41) is 3.56. The second-order valence-corrected chi connectivity index (χ2v) is 5.22. The molecule has 5 heteroatoms. The van der Waals surface area contributed by atoms with Crippen molar-refractivity contribution in [1.82, 2.24) is 15.3 Å². The molecule has 0 atom stereocenters. The zero-order chi connectivity index (χ0) is 14.7. The highest BCUT2D eigenvalue weighted by molar-refractivity contribution is 6.30. The summed E-state index contributed by atoms with van der Waals surface area (Å²) in [6.07, 6.45) is 0.238. The summed E-state index contributed by atoms with van der Waals surface area (Å²) in [5.41, 5.74) is 2.83. The lowest BCUT2D eigenvalue weighted by atomic mass is 10.2.